The maximum atomic E-state index is 13.1. The smallest absolute Gasteiger partial charge is 0.462 e. The first-order valence-corrected chi connectivity index (χ1v) is 9.36. The van der Waals surface area contributed by atoms with Gasteiger partial charge in [-0.1, -0.05) is 24.3 Å². The third-order valence-electron chi connectivity index (χ3n) is 2.88. The second kappa shape index (κ2) is 8.65. The van der Waals surface area contributed by atoms with Crippen molar-refractivity contribution in [3.05, 3.63) is 54.7 Å². The summed E-state index contributed by atoms with van der Waals surface area (Å²) in [6.45, 7) is 4.98. The van der Waals surface area contributed by atoms with Crippen molar-refractivity contribution in [2.75, 3.05) is 0 Å². The number of esters is 1. The second-order valence-electron chi connectivity index (χ2n) is 5.50. The summed E-state index contributed by atoms with van der Waals surface area (Å²) in [4.78, 5) is 16.0. The molecule has 0 amide bonds. The first-order valence-electron chi connectivity index (χ1n) is 7.81. The van der Waals surface area contributed by atoms with Crippen molar-refractivity contribution in [1.82, 2.24) is 10.1 Å². The summed E-state index contributed by atoms with van der Waals surface area (Å²) in [6, 6.07) is 12.6. The SMILES string of the molecule is CC(C)OC(=O)C(C)N[P@@](=O)(Oc1ccccc1)Oc1ccccn1. The van der Waals surface area contributed by atoms with Crippen molar-refractivity contribution in [1.29, 1.82) is 0 Å². The summed E-state index contributed by atoms with van der Waals surface area (Å²) in [7, 11) is -3.93. The number of pyridine rings is 1. The van der Waals surface area contributed by atoms with Crippen LogP contribution in [0.25, 0.3) is 0 Å². The zero-order chi connectivity index (χ0) is 18.3. The molecule has 134 valence electrons. The van der Waals surface area contributed by atoms with Gasteiger partial charge in [-0.3, -0.25) is 4.79 Å². The lowest BCUT2D eigenvalue weighted by Gasteiger charge is -2.23. The standard InChI is InChI=1S/C17H21N2O5P/c1-13(2)22-17(20)14(3)19-25(21,23-15-9-5-4-6-10-15)24-16-11-7-8-12-18-16/h4-14H,1-3H3,(H,19,21)/t14?,25-/m1/s1. The molecule has 2 rings (SSSR count). The molecule has 0 fully saturated rings. The van der Waals surface area contributed by atoms with Gasteiger partial charge in [-0.25, -0.2) is 9.55 Å². The fourth-order valence-corrected chi connectivity index (χ4v) is 3.32. The number of nitrogens with zero attached hydrogens (tertiary/aromatic N) is 1. The van der Waals surface area contributed by atoms with Crippen molar-refractivity contribution in [2.24, 2.45) is 0 Å². The molecule has 7 nitrogen and oxygen atoms in total. The average molecular weight is 364 g/mol. The molecule has 1 heterocycles. The Morgan fingerprint density at radius 2 is 1.72 bits per heavy atom. The van der Waals surface area contributed by atoms with Gasteiger partial charge in [0.25, 0.3) is 0 Å². The van der Waals surface area contributed by atoms with Crippen LogP contribution in [-0.4, -0.2) is 23.1 Å². The molecule has 25 heavy (non-hydrogen) atoms. The normalized spacial score (nSPS) is 14.4. The molecule has 0 aliphatic heterocycles. The molecule has 2 atom stereocenters. The lowest BCUT2D eigenvalue weighted by Crippen LogP contribution is -2.36. The maximum absolute atomic E-state index is 13.1. The first-order chi connectivity index (χ1) is 11.9. The van der Waals surface area contributed by atoms with E-state index in [1.165, 1.54) is 13.1 Å². The van der Waals surface area contributed by atoms with Crippen LogP contribution in [0.4, 0.5) is 0 Å². The molecule has 0 aliphatic carbocycles. The minimum Gasteiger partial charge on any atom is -0.462 e. The lowest BCUT2D eigenvalue weighted by atomic mass is 10.3. The van der Waals surface area contributed by atoms with Gasteiger partial charge in [-0.05, 0) is 39.0 Å². The van der Waals surface area contributed by atoms with Gasteiger partial charge >= 0.3 is 13.7 Å². The molecule has 1 aromatic carbocycles. The van der Waals surface area contributed by atoms with Crippen molar-refractivity contribution in [3.63, 3.8) is 0 Å². The molecule has 0 saturated carbocycles. The van der Waals surface area contributed by atoms with E-state index < -0.39 is 19.8 Å². The van der Waals surface area contributed by atoms with Crippen LogP contribution in [-0.2, 0) is 14.1 Å². The molecule has 0 bridgehead atoms. The zero-order valence-corrected chi connectivity index (χ0v) is 15.2. The predicted octanol–water partition coefficient (Wildman–Crippen LogP) is 3.58. The highest BCUT2D eigenvalue weighted by Gasteiger charge is 2.34. The number of hydrogen-bond donors (Lipinski definition) is 1. The molecule has 0 aliphatic rings. The summed E-state index contributed by atoms with van der Waals surface area (Å²) in [5.41, 5.74) is 0. The van der Waals surface area contributed by atoms with E-state index in [4.69, 9.17) is 13.8 Å². The summed E-state index contributed by atoms with van der Waals surface area (Å²) >= 11 is 0. The fourth-order valence-electron chi connectivity index (χ4n) is 1.84. The molecule has 0 saturated heterocycles. The summed E-state index contributed by atoms with van der Waals surface area (Å²) in [5, 5.41) is 2.59. The van der Waals surface area contributed by atoms with Crippen LogP contribution >= 0.6 is 7.75 Å². The highest BCUT2D eigenvalue weighted by Crippen LogP contribution is 2.44. The van der Waals surface area contributed by atoms with E-state index >= 15 is 0 Å². The van der Waals surface area contributed by atoms with E-state index in [2.05, 4.69) is 10.1 Å². The third kappa shape index (κ3) is 6.21. The minimum absolute atomic E-state index is 0.110. The van der Waals surface area contributed by atoms with E-state index in [9.17, 15) is 9.36 Å². The number of hydrogen-bond acceptors (Lipinski definition) is 6. The number of nitrogens with one attached hydrogen (secondary N) is 1. The van der Waals surface area contributed by atoms with E-state index in [1.54, 1.807) is 62.4 Å². The predicted molar refractivity (Wildman–Crippen MR) is 93.4 cm³/mol. The van der Waals surface area contributed by atoms with Crippen LogP contribution < -0.4 is 14.1 Å². The van der Waals surface area contributed by atoms with E-state index in [0.717, 1.165) is 0 Å². The number of carbonyl (C=O) groups excluding carboxylic acids is 1. The number of aromatic nitrogens is 1. The van der Waals surface area contributed by atoms with Gasteiger partial charge in [0.15, 0.2) is 0 Å². The van der Waals surface area contributed by atoms with Crippen molar-refractivity contribution in [2.45, 2.75) is 32.9 Å². The highest BCUT2D eigenvalue weighted by atomic mass is 31.2. The highest BCUT2D eigenvalue weighted by molar-refractivity contribution is 7.52. The van der Waals surface area contributed by atoms with Crippen LogP contribution in [0.5, 0.6) is 11.6 Å². The van der Waals surface area contributed by atoms with E-state index in [-0.39, 0.29) is 12.0 Å². The number of carbonyl (C=O) groups is 1. The molecule has 2 aromatic rings. The molecule has 1 N–H and O–H groups in total. The Morgan fingerprint density at radius 1 is 1.04 bits per heavy atom. The van der Waals surface area contributed by atoms with Crippen LogP contribution in [0.1, 0.15) is 20.8 Å². The van der Waals surface area contributed by atoms with E-state index in [1.807, 2.05) is 0 Å². The van der Waals surface area contributed by atoms with Gasteiger partial charge < -0.3 is 13.8 Å². The average Bonchev–Trinajstić information content (AvgIpc) is 2.55. The van der Waals surface area contributed by atoms with E-state index in [0.29, 0.717) is 5.75 Å². The van der Waals surface area contributed by atoms with Crippen molar-refractivity contribution >= 4 is 13.7 Å². The number of ether oxygens (including phenoxy) is 1. The molecule has 1 unspecified atom stereocenters. The van der Waals surface area contributed by atoms with Crippen LogP contribution in [0.2, 0.25) is 0 Å². The Bertz CT molecular complexity index is 679. The Labute approximate surface area is 146 Å². The molecular formula is C17H21N2O5P. The first kappa shape index (κ1) is 19.0. The molecule has 1 aromatic heterocycles. The van der Waals surface area contributed by atoms with Gasteiger partial charge in [0.05, 0.1) is 6.10 Å². The topological polar surface area (TPSA) is 86.8 Å². The molecule has 8 heteroatoms. The number of benzene rings is 1. The maximum Gasteiger partial charge on any atom is 0.514 e. The Morgan fingerprint density at radius 3 is 2.32 bits per heavy atom. The Kier molecular flexibility index (Phi) is 6.56. The quantitative estimate of drug-likeness (QED) is 0.566. The number of para-hydroxylation sites is 1. The van der Waals surface area contributed by atoms with Crippen LogP contribution in [0.3, 0.4) is 0 Å². The lowest BCUT2D eigenvalue weighted by molar-refractivity contribution is -0.149. The number of rotatable bonds is 8. The van der Waals surface area contributed by atoms with Gasteiger partial charge in [0, 0.05) is 12.3 Å². The van der Waals surface area contributed by atoms with Gasteiger partial charge in [0.2, 0.25) is 5.88 Å². The molecule has 0 radical (unpaired) electrons. The Hall–Kier alpha value is -2.37. The monoisotopic (exact) mass is 364 g/mol. The van der Waals surface area contributed by atoms with Crippen molar-refractivity contribution in [3.8, 4) is 11.6 Å². The second-order valence-corrected chi connectivity index (χ2v) is 7.12. The summed E-state index contributed by atoms with van der Waals surface area (Å²) < 4.78 is 29.2. The van der Waals surface area contributed by atoms with Crippen molar-refractivity contribution < 1.29 is 23.1 Å². The van der Waals surface area contributed by atoms with Gasteiger partial charge in [0.1, 0.15) is 11.8 Å². The summed E-state index contributed by atoms with van der Waals surface area (Å²) in [5.74, 6) is -0.117. The van der Waals surface area contributed by atoms with Crippen LogP contribution in [0, 0.1) is 0 Å². The fraction of sp³-hybridized carbons (Fsp3) is 0.294. The van der Waals surface area contributed by atoms with Crippen LogP contribution in [0.15, 0.2) is 54.7 Å². The summed E-state index contributed by atoms with van der Waals surface area (Å²) in [6.07, 6.45) is 1.21. The molecule has 0 spiro atoms. The Balaban J connectivity index is 2.19. The molecular weight excluding hydrogens is 343 g/mol. The zero-order valence-electron chi connectivity index (χ0n) is 14.3. The third-order valence-corrected chi connectivity index (χ3v) is 4.46. The van der Waals surface area contributed by atoms with Gasteiger partial charge in [-0.2, -0.15) is 5.09 Å². The minimum atomic E-state index is -3.93. The van der Waals surface area contributed by atoms with Gasteiger partial charge in [-0.15, -0.1) is 0 Å². The largest absolute Gasteiger partial charge is 0.514 e.